The van der Waals surface area contributed by atoms with Crippen molar-refractivity contribution in [1.82, 2.24) is 4.98 Å². The maximum absolute atomic E-state index is 6.25. The highest BCUT2D eigenvalue weighted by Crippen LogP contribution is 2.27. The van der Waals surface area contributed by atoms with E-state index in [4.69, 9.17) is 27.9 Å². The molecule has 0 amide bonds. The van der Waals surface area contributed by atoms with Gasteiger partial charge in [-0.1, -0.05) is 47.5 Å². The van der Waals surface area contributed by atoms with E-state index in [0.29, 0.717) is 22.5 Å². The third kappa shape index (κ3) is 5.16. The van der Waals surface area contributed by atoms with E-state index in [2.05, 4.69) is 15.5 Å². The second-order valence-corrected chi connectivity index (χ2v) is 8.11. The Hall–Kier alpha value is -3.08. The van der Waals surface area contributed by atoms with Gasteiger partial charge in [0.1, 0.15) is 18.2 Å². The van der Waals surface area contributed by atoms with Gasteiger partial charge >= 0.3 is 0 Å². The molecule has 0 unspecified atom stereocenters. The molecule has 0 aliphatic rings. The van der Waals surface area contributed by atoms with Gasteiger partial charge in [0.15, 0.2) is 0 Å². The van der Waals surface area contributed by atoms with Crippen LogP contribution in [0.1, 0.15) is 22.3 Å². The summed E-state index contributed by atoms with van der Waals surface area (Å²) < 4.78 is 6.05. The van der Waals surface area contributed by atoms with Crippen LogP contribution in [0.2, 0.25) is 10.0 Å². The lowest BCUT2D eigenvalue weighted by molar-refractivity contribution is 0.302. The van der Waals surface area contributed by atoms with Crippen molar-refractivity contribution >= 4 is 46.1 Å². The molecule has 0 saturated carbocycles. The van der Waals surface area contributed by atoms with Crippen LogP contribution in [0.3, 0.4) is 0 Å². The molecule has 0 saturated heterocycles. The summed E-state index contributed by atoms with van der Waals surface area (Å²) in [4.78, 5) is 4.56. The van der Waals surface area contributed by atoms with Crippen molar-refractivity contribution in [2.75, 3.05) is 5.43 Å². The lowest BCUT2D eigenvalue weighted by atomic mass is 10.1. The highest BCUT2D eigenvalue weighted by Gasteiger charge is 2.08. The first-order valence-electron chi connectivity index (χ1n) is 9.82. The lowest BCUT2D eigenvalue weighted by Crippen LogP contribution is -2.01. The lowest BCUT2D eigenvalue weighted by Gasteiger charge is -2.14. The molecule has 31 heavy (non-hydrogen) atoms. The zero-order valence-corrected chi connectivity index (χ0v) is 18.7. The summed E-state index contributed by atoms with van der Waals surface area (Å²) in [5.74, 6) is 1.54. The number of aryl methyl sites for hydroxylation is 2. The van der Waals surface area contributed by atoms with E-state index >= 15 is 0 Å². The molecule has 0 bridgehead atoms. The standard InChI is InChI=1S/C25H21Cl2N3O/c1-16-11-18(14-28-30-24-10-8-19-5-3-4-6-23(19)29-24)12-17(2)25(16)31-15-20-7-9-21(26)13-22(20)27/h3-14H,15H2,1-2H3,(H,29,30)/b28-14-. The monoisotopic (exact) mass is 449 g/mol. The summed E-state index contributed by atoms with van der Waals surface area (Å²) in [6.07, 6.45) is 1.77. The molecular formula is C25H21Cl2N3O. The van der Waals surface area contributed by atoms with Gasteiger partial charge in [0.2, 0.25) is 0 Å². The van der Waals surface area contributed by atoms with E-state index in [0.717, 1.165) is 38.9 Å². The molecule has 0 aliphatic carbocycles. The Kier molecular flexibility index (Phi) is 6.40. The van der Waals surface area contributed by atoms with Crippen LogP contribution in [0.15, 0.2) is 71.8 Å². The van der Waals surface area contributed by atoms with Crippen molar-refractivity contribution in [3.63, 3.8) is 0 Å². The second kappa shape index (κ2) is 9.38. The van der Waals surface area contributed by atoms with Gasteiger partial charge in [0, 0.05) is 21.0 Å². The molecule has 4 aromatic rings. The summed E-state index contributed by atoms with van der Waals surface area (Å²) in [7, 11) is 0. The van der Waals surface area contributed by atoms with Gasteiger partial charge in [-0.25, -0.2) is 4.98 Å². The number of hydrazone groups is 1. The molecule has 6 heteroatoms. The first-order chi connectivity index (χ1) is 15.0. The number of ether oxygens (including phenoxy) is 1. The van der Waals surface area contributed by atoms with E-state index in [1.54, 1.807) is 12.3 Å². The van der Waals surface area contributed by atoms with Gasteiger partial charge in [0.05, 0.1) is 11.7 Å². The van der Waals surface area contributed by atoms with Crippen LogP contribution in [-0.2, 0) is 6.61 Å². The number of aromatic nitrogens is 1. The third-order valence-electron chi connectivity index (χ3n) is 4.86. The van der Waals surface area contributed by atoms with Gasteiger partial charge < -0.3 is 4.74 Å². The molecule has 4 nitrogen and oxygen atoms in total. The Labute approximate surface area is 191 Å². The summed E-state index contributed by atoms with van der Waals surface area (Å²) in [6, 6.07) is 21.4. The predicted molar refractivity (Wildman–Crippen MR) is 130 cm³/mol. The number of anilines is 1. The maximum Gasteiger partial charge on any atom is 0.146 e. The van der Waals surface area contributed by atoms with Gasteiger partial charge in [-0.15, -0.1) is 0 Å². The summed E-state index contributed by atoms with van der Waals surface area (Å²) in [6.45, 7) is 4.41. The van der Waals surface area contributed by atoms with Gasteiger partial charge in [-0.2, -0.15) is 5.10 Å². The first kappa shape index (κ1) is 21.2. The Bertz CT molecular complexity index is 1250. The molecule has 1 N–H and O–H groups in total. The van der Waals surface area contributed by atoms with E-state index in [1.807, 2.05) is 74.5 Å². The van der Waals surface area contributed by atoms with Gasteiger partial charge in [0.25, 0.3) is 0 Å². The summed E-state index contributed by atoms with van der Waals surface area (Å²) in [5.41, 5.74) is 7.84. The minimum atomic E-state index is 0.375. The molecule has 0 radical (unpaired) electrons. The molecule has 0 aliphatic heterocycles. The molecule has 0 atom stereocenters. The summed E-state index contributed by atoms with van der Waals surface area (Å²) in [5, 5.41) is 6.64. The normalized spacial score (nSPS) is 11.2. The average molecular weight is 450 g/mol. The second-order valence-electron chi connectivity index (χ2n) is 7.27. The van der Waals surface area contributed by atoms with Crippen molar-refractivity contribution in [1.29, 1.82) is 0 Å². The number of halogens is 2. The number of benzene rings is 3. The minimum absolute atomic E-state index is 0.375. The van der Waals surface area contributed by atoms with Gasteiger partial charge in [-0.3, -0.25) is 5.43 Å². The molecule has 0 spiro atoms. The van der Waals surface area contributed by atoms with Crippen LogP contribution >= 0.6 is 23.2 Å². The van der Waals surface area contributed by atoms with Crippen LogP contribution in [0.5, 0.6) is 5.75 Å². The number of nitrogens with one attached hydrogen (secondary N) is 1. The first-order valence-corrected chi connectivity index (χ1v) is 10.6. The molecule has 156 valence electrons. The molecule has 1 aromatic heterocycles. The van der Waals surface area contributed by atoms with E-state index in [-0.39, 0.29) is 0 Å². The van der Waals surface area contributed by atoms with Crippen molar-refractivity contribution in [3.8, 4) is 5.75 Å². The molecule has 1 heterocycles. The van der Waals surface area contributed by atoms with Crippen LogP contribution in [0.4, 0.5) is 5.82 Å². The summed E-state index contributed by atoms with van der Waals surface area (Å²) >= 11 is 12.2. The number of hydrogen-bond donors (Lipinski definition) is 1. The van der Waals surface area contributed by atoms with Crippen molar-refractivity contribution in [2.45, 2.75) is 20.5 Å². The quantitative estimate of drug-likeness (QED) is 0.250. The van der Waals surface area contributed by atoms with Crippen LogP contribution < -0.4 is 10.2 Å². The Morgan fingerprint density at radius 2 is 1.74 bits per heavy atom. The number of rotatable bonds is 6. The van der Waals surface area contributed by atoms with Crippen molar-refractivity contribution in [3.05, 3.63) is 99.0 Å². The largest absolute Gasteiger partial charge is 0.488 e. The zero-order chi connectivity index (χ0) is 21.8. The molecule has 0 fully saturated rings. The Morgan fingerprint density at radius 1 is 0.968 bits per heavy atom. The molecular weight excluding hydrogens is 429 g/mol. The van der Waals surface area contributed by atoms with Gasteiger partial charge in [-0.05, 0) is 73.0 Å². The van der Waals surface area contributed by atoms with E-state index < -0.39 is 0 Å². The number of fused-ring (bicyclic) bond motifs is 1. The van der Waals surface area contributed by atoms with E-state index in [9.17, 15) is 0 Å². The fourth-order valence-corrected chi connectivity index (χ4v) is 3.84. The van der Waals surface area contributed by atoms with Crippen molar-refractivity contribution < 1.29 is 4.74 Å². The maximum atomic E-state index is 6.25. The topological polar surface area (TPSA) is 46.5 Å². The van der Waals surface area contributed by atoms with E-state index in [1.165, 1.54) is 0 Å². The van der Waals surface area contributed by atoms with Crippen molar-refractivity contribution in [2.24, 2.45) is 5.10 Å². The number of nitrogens with zero attached hydrogens (tertiary/aromatic N) is 2. The van der Waals surface area contributed by atoms with Crippen LogP contribution in [0.25, 0.3) is 10.9 Å². The Balaban J connectivity index is 1.44. The fraction of sp³-hybridized carbons (Fsp3) is 0.120. The minimum Gasteiger partial charge on any atom is -0.488 e. The smallest absolute Gasteiger partial charge is 0.146 e. The zero-order valence-electron chi connectivity index (χ0n) is 17.2. The third-order valence-corrected chi connectivity index (χ3v) is 5.45. The van der Waals surface area contributed by atoms with Crippen LogP contribution in [0, 0.1) is 13.8 Å². The fourth-order valence-electron chi connectivity index (χ4n) is 3.38. The predicted octanol–water partition coefficient (Wildman–Crippen LogP) is 7.18. The highest BCUT2D eigenvalue weighted by atomic mass is 35.5. The number of hydrogen-bond acceptors (Lipinski definition) is 4. The number of pyridine rings is 1. The molecule has 4 rings (SSSR count). The SMILES string of the molecule is Cc1cc(/C=N\Nc2ccc3ccccc3n2)cc(C)c1OCc1ccc(Cl)cc1Cl. The highest BCUT2D eigenvalue weighted by molar-refractivity contribution is 6.35. The Morgan fingerprint density at radius 3 is 2.52 bits per heavy atom. The van der Waals surface area contributed by atoms with Crippen LogP contribution in [-0.4, -0.2) is 11.2 Å². The number of para-hydroxylation sites is 1. The molecule has 3 aromatic carbocycles. The average Bonchev–Trinajstić information content (AvgIpc) is 2.74.